The molecule has 1 aromatic rings. The predicted molar refractivity (Wildman–Crippen MR) is 72.8 cm³/mol. The van der Waals surface area contributed by atoms with E-state index in [0.29, 0.717) is 5.56 Å². The molecule has 2 rings (SSSR count). The molecule has 0 radical (unpaired) electrons. The molecular formula is C16H21FO2. The summed E-state index contributed by atoms with van der Waals surface area (Å²) in [6, 6.07) is 4.48. The first-order chi connectivity index (χ1) is 9.11. The maximum atomic E-state index is 13.4. The van der Waals surface area contributed by atoms with Gasteiger partial charge in [0.25, 0.3) is 0 Å². The molecule has 1 aliphatic carbocycles. The lowest BCUT2D eigenvalue weighted by molar-refractivity contribution is 0.0314. The number of benzene rings is 1. The minimum absolute atomic E-state index is 0.0861. The van der Waals surface area contributed by atoms with E-state index in [1.807, 2.05) is 0 Å². The Bertz CT molecular complexity index is 430. The average molecular weight is 264 g/mol. The van der Waals surface area contributed by atoms with E-state index in [1.54, 1.807) is 20.1 Å². The van der Waals surface area contributed by atoms with Crippen LogP contribution in [0.15, 0.2) is 18.2 Å². The quantitative estimate of drug-likeness (QED) is 0.771. The van der Waals surface area contributed by atoms with Gasteiger partial charge in [-0.2, -0.15) is 0 Å². The lowest BCUT2D eigenvalue weighted by Gasteiger charge is -2.28. The fourth-order valence-corrected chi connectivity index (χ4v) is 2.99. The topological polar surface area (TPSA) is 26.3 Å². The first kappa shape index (κ1) is 14.2. The highest BCUT2D eigenvalue weighted by Gasteiger charge is 2.30. The average Bonchev–Trinajstić information content (AvgIpc) is 2.39. The highest BCUT2D eigenvalue weighted by atomic mass is 19.1. The van der Waals surface area contributed by atoms with Crippen molar-refractivity contribution in [1.82, 2.24) is 0 Å². The largest absolute Gasteiger partial charge is 0.373 e. The molecule has 104 valence electrons. The molecule has 1 saturated carbocycles. The van der Waals surface area contributed by atoms with Crippen LogP contribution >= 0.6 is 0 Å². The number of carbonyl (C=O) groups excluding carboxylic acids is 1. The second-order valence-corrected chi connectivity index (χ2v) is 5.44. The number of hydrogen-bond acceptors (Lipinski definition) is 2. The lowest BCUT2D eigenvalue weighted by atomic mass is 9.82. The van der Waals surface area contributed by atoms with Crippen molar-refractivity contribution in [2.75, 3.05) is 7.11 Å². The normalized spacial score (nSPS) is 18.3. The summed E-state index contributed by atoms with van der Waals surface area (Å²) >= 11 is 0. The van der Waals surface area contributed by atoms with Gasteiger partial charge >= 0.3 is 0 Å². The molecule has 0 N–H and O–H groups in total. The molecule has 0 aromatic heterocycles. The molecule has 0 bridgehead atoms. The number of hydrogen-bond donors (Lipinski definition) is 0. The van der Waals surface area contributed by atoms with Crippen LogP contribution < -0.4 is 0 Å². The van der Waals surface area contributed by atoms with Crippen LogP contribution in [0.1, 0.15) is 48.0 Å². The number of ketones is 1. The zero-order valence-corrected chi connectivity index (χ0v) is 11.6. The Labute approximate surface area is 114 Å². The van der Waals surface area contributed by atoms with E-state index in [9.17, 15) is 9.18 Å². The fourth-order valence-electron chi connectivity index (χ4n) is 2.99. The highest BCUT2D eigenvalue weighted by Crippen LogP contribution is 2.29. The van der Waals surface area contributed by atoms with Crippen molar-refractivity contribution in [2.45, 2.75) is 45.1 Å². The minimum Gasteiger partial charge on any atom is -0.373 e. The summed E-state index contributed by atoms with van der Waals surface area (Å²) in [6.45, 7) is 1.79. The number of halogens is 1. The summed E-state index contributed by atoms with van der Waals surface area (Å²) in [5.74, 6) is -0.173. The van der Waals surface area contributed by atoms with Gasteiger partial charge in [0.1, 0.15) is 11.9 Å². The molecule has 0 heterocycles. The van der Waals surface area contributed by atoms with E-state index in [0.717, 1.165) is 31.2 Å². The highest BCUT2D eigenvalue weighted by molar-refractivity contribution is 5.99. The number of rotatable bonds is 4. The number of ether oxygens (including phenoxy) is 1. The Morgan fingerprint density at radius 3 is 2.53 bits per heavy atom. The third-order valence-corrected chi connectivity index (χ3v) is 3.92. The second-order valence-electron chi connectivity index (χ2n) is 5.44. The Balaban J connectivity index is 2.19. The number of carbonyl (C=O) groups is 1. The van der Waals surface area contributed by atoms with Crippen molar-refractivity contribution in [3.8, 4) is 0 Å². The van der Waals surface area contributed by atoms with Gasteiger partial charge in [0.15, 0.2) is 5.78 Å². The summed E-state index contributed by atoms with van der Waals surface area (Å²) in [5, 5.41) is 0. The van der Waals surface area contributed by atoms with E-state index in [-0.39, 0.29) is 17.5 Å². The third-order valence-electron chi connectivity index (χ3n) is 3.92. The Hall–Kier alpha value is -1.22. The fraction of sp³-hybridized carbons (Fsp3) is 0.562. The van der Waals surface area contributed by atoms with Crippen LogP contribution in [0.25, 0.3) is 0 Å². The molecule has 3 heteroatoms. The third kappa shape index (κ3) is 3.41. The number of aryl methyl sites for hydroxylation is 1. The molecular weight excluding hydrogens is 243 g/mol. The lowest BCUT2D eigenvalue weighted by Crippen LogP contribution is -2.33. The molecule has 1 atom stereocenters. The van der Waals surface area contributed by atoms with Gasteiger partial charge in [-0.1, -0.05) is 19.3 Å². The SMILES string of the molecule is COC(C(=O)c1cc(C)cc(F)c1)C1CCCCC1. The maximum Gasteiger partial charge on any atom is 0.191 e. The molecule has 0 aliphatic heterocycles. The van der Waals surface area contributed by atoms with E-state index in [4.69, 9.17) is 4.74 Å². The van der Waals surface area contributed by atoms with Gasteiger partial charge in [-0.15, -0.1) is 0 Å². The molecule has 2 nitrogen and oxygen atoms in total. The predicted octanol–water partition coefficient (Wildman–Crippen LogP) is 3.91. The van der Waals surface area contributed by atoms with Crippen molar-refractivity contribution in [3.63, 3.8) is 0 Å². The molecule has 1 aromatic carbocycles. The standard InChI is InChI=1S/C16H21FO2/c1-11-8-13(10-14(17)9-11)15(18)16(19-2)12-6-4-3-5-7-12/h8-10,12,16H,3-7H2,1-2H3. The number of methoxy groups -OCH3 is 1. The van der Waals surface area contributed by atoms with Crippen molar-refractivity contribution in [2.24, 2.45) is 5.92 Å². The van der Waals surface area contributed by atoms with E-state index < -0.39 is 6.10 Å². The van der Waals surface area contributed by atoms with Crippen LogP contribution in [0.5, 0.6) is 0 Å². The van der Waals surface area contributed by atoms with Crippen LogP contribution in [0, 0.1) is 18.7 Å². The van der Waals surface area contributed by atoms with Crippen molar-refractivity contribution >= 4 is 5.78 Å². The molecule has 19 heavy (non-hydrogen) atoms. The van der Waals surface area contributed by atoms with Gasteiger partial charge < -0.3 is 4.74 Å². The zero-order valence-electron chi connectivity index (χ0n) is 11.6. The molecule has 0 spiro atoms. The van der Waals surface area contributed by atoms with Crippen LogP contribution in [0.4, 0.5) is 4.39 Å². The van der Waals surface area contributed by atoms with Gasteiger partial charge in [-0.25, -0.2) is 4.39 Å². The van der Waals surface area contributed by atoms with Gasteiger partial charge in [0.2, 0.25) is 0 Å². The minimum atomic E-state index is -0.429. The van der Waals surface area contributed by atoms with Gasteiger partial charge in [0, 0.05) is 12.7 Å². The smallest absolute Gasteiger partial charge is 0.191 e. The molecule has 1 fully saturated rings. The molecule has 1 unspecified atom stereocenters. The summed E-state index contributed by atoms with van der Waals surface area (Å²) in [6.07, 6.45) is 5.17. The van der Waals surface area contributed by atoms with Crippen LogP contribution in [0.3, 0.4) is 0 Å². The summed E-state index contributed by atoms with van der Waals surface area (Å²) in [4.78, 5) is 12.5. The Morgan fingerprint density at radius 1 is 1.26 bits per heavy atom. The van der Waals surface area contributed by atoms with Gasteiger partial charge in [0.05, 0.1) is 0 Å². The Morgan fingerprint density at radius 2 is 1.95 bits per heavy atom. The maximum absolute atomic E-state index is 13.4. The first-order valence-corrected chi connectivity index (χ1v) is 6.96. The summed E-state index contributed by atoms with van der Waals surface area (Å²) in [5.41, 5.74) is 1.19. The summed E-state index contributed by atoms with van der Waals surface area (Å²) < 4.78 is 18.8. The van der Waals surface area contributed by atoms with Crippen LogP contribution in [-0.2, 0) is 4.74 Å². The van der Waals surface area contributed by atoms with E-state index >= 15 is 0 Å². The zero-order chi connectivity index (χ0) is 13.8. The van der Waals surface area contributed by atoms with Crippen molar-refractivity contribution in [3.05, 3.63) is 35.1 Å². The molecule has 0 amide bonds. The summed E-state index contributed by atoms with van der Waals surface area (Å²) in [7, 11) is 1.57. The molecule has 0 saturated heterocycles. The molecule has 1 aliphatic rings. The van der Waals surface area contributed by atoms with Gasteiger partial charge in [-0.05, 0) is 49.4 Å². The Kier molecular flexibility index (Phi) is 4.70. The van der Waals surface area contributed by atoms with Crippen LogP contribution in [-0.4, -0.2) is 19.0 Å². The van der Waals surface area contributed by atoms with Crippen LogP contribution in [0.2, 0.25) is 0 Å². The van der Waals surface area contributed by atoms with E-state index in [1.165, 1.54) is 18.6 Å². The second kappa shape index (κ2) is 6.29. The van der Waals surface area contributed by atoms with E-state index in [2.05, 4.69) is 0 Å². The van der Waals surface area contributed by atoms with Gasteiger partial charge in [-0.3, -0.25) is 4.79 Å². The van der Waals surface area contributed by atoms with Crippen molar-refractivity contribution in [1.29, 1.82) is 0 Å². The van der Waals surface area contributed by atoms with Crippen molar-refractivity contribution < 1.29 is 13.9 Å². The number of Topliss-reactive ketones (excluding diaryl/α,β-unsaturated/α-hetero) is 1. The monoisotopic (exact) mass is 264 g/mol. The first-order valence-electron chi connectivity index (χ1n) is 6.96.